The second-order valence-electron chi connectivity index (χ2n) is 10.4. The largest absolute Gasteiger partial charge is 0.464 e. The number of pyridine rings is 2. The number of aliphatic hydroxyl groups is 2. The molecule has 0 aliphatic carbocycles. The smallest absolute Gasteiger partial charge is 0.356 e. The van der Waals surface area contributed by atoms with Crippen molar-refractivity contribution < 1.29 is 38.7 Å². The van der Waals surface area contributed by atoms with Crippen LogP contribution in [-0.2, 0) is 25.5 Å². The summed E-state index contributed by atoms with van der Waals surface area (Å²) in [4.78, 5) is 36.9. The van der Waals surface area contributed by atoms with E-state index in [0.29, 0.717) is 70.8 Å². The summed E-state index contributed by atoms with van der Waals surface area (Å²) in [5.41, 5.74) is 1.97. The van der Waals surface area contributed by atoms with Crippen molar-refractivity contribution in [2.45, 2.75) is 39.3 Å². The van der Waals surface area contributed by atoms with Crippen molar-refractivity contribution in [2.24, 2.45) is 5.92 Å². The van der Waals surface area contributed by atoms with Gasteiger partial charge in [-0.25, -0.2) is 19.6 Å². The second-order valence-corrected chi connectivity index (χ2v) is 10.4. The van der Waals surface area contributed by atoms with Crippen molar-refractivity contribution in [3.05, 3.63) is 59.2 Å². The Balaban J connectivity index is 1.83. The van der Waals surface area contributed by atoms with Crippen molar-refractivity contribution in [3.8, 4) is 0 Å². The van der Waals surface area contributed by atoms with E-state index in [4.69, 9.17) is 18.9 Å². The molecule has 0 radical (unpaired) electrons. The van der Waals surface area contributed by atoms with Crippen molar-refractivity contribution in [1.82, 2.24) is 19.8 Å². The van der Waals surface area contributed by atoms with Crippen LogP contribution in [0.5, 0.6) is 0 Å². The number of rotatable bonds is 22. The van der Waals surface area contributed by atoms with Gasteiger partial charge in [0.25, 0.3) is 0 Å². The molecule has 0 saturated carbocycles. The Bertz CT molecular complexity index is 1090. The highest BCUT2D eigenvalue weighted by atomic mass is 16.5. The lowest BCUT2D eigenvalue weighted by molar-refractivity contribution is 0.0215. The van der Waals surface area contributed by atoms with Crippen molar-refractivity contribution in [1.29, 1.82) is 0 Å². The van der Waals surface area contributed by atoms with Crippen LogP contribution in [0.25, 0.3) is 0 Å². The minimum absolute atomic E-state index is 0.00910. The molecule has 1 atom stereocenters. The summed E-state index contributed by atoms with van der Waals surface area (Å²) in [6.45, 7) is 8.51. The van der Waals surface area contributed by atoms with E-state index in [-0.39, 0.29) is 30.6 Å². The van der Waals surface area contributed by atoms with E-state index in [1.807, 2.05) is 17.0 Å². The van der Waals surface area contributed by atoms with Gasteiger partial charge in [-0.15, -0.1) is 0 Å². The summed E-state index contributed by atoms with van der Waals surface area (Å²) in [5, 5.41) is 19.2. The van der Waals surface area contributed by atoms with E-state index in [1.165, 1.54) is 14.2 Å². The molecule has 0 aliphatic heterocycles. The van der Waals surface area contributed by atoms with Crippen molar-refractivity contribution in [2.75, 3.05) is 80.0 Å². The molecule has 0 saturated heterocycles. The van der Waals surface area contributed by atoms with Gasteiger partial charge in [0.15, 0.2) is 0 Å². The molecule has 240 valence electrons. The van der Waals surface area contributed by atoms with Crippen LogP contribution < -0.4 is 0 Å². The fraction of sp³-hybridized carbons (Fsp3) is 0.613. The lowest BCUT2D eigenvalue weighted by Crippen LogP contribution is -2.35. The Morgan fingerprint density at radius 1 is 0.767 bits per heavy atom. The fourth-order valence-electron chi connectivity index (χ4n) is 4.54. The third-order valence-electron chi connectivity index (χ3n) is 6.80. The predicted molar refractivity (Wildman–Crippen MR) is 161 cm³/mol. The van der Waals surface area contributed by atoms with Crippen molar-refractivity contribution >= 4 is 11.9 Å². The standard InChI is InChI=1S/C31H48N4O8/c1-24(2)11-12-29(26-8-6-10-28(33-26)31(39)41-4)35(14-18-37)16-20-43-22-21-42-19-15-34(13-17-36)23-25-7-5-9-27(32-25)30(38)40-3/h5-10,24,29,36-37H,11-23H2,1-4H3. The van der Waals surface area contributed by atoms with Crippen LogP contribution in [0, 0.1) is 5.92 Å². The molecule has 2 aromatic heterocycles. The normalized spacial score (nSPS) is 12.2. The topological polar surface area (TPSA) is 144 Å². The minimum Gasteiger partial charge on any atom is -0.464 e. The number of methoxy groups -OCH3 is 2. The van der Waals surface area contributed by atoms with E-state index in [1.54, 1.807) is 24.3 Å². The van der Waals surface area contributed by atoms with Gasteiger partial charge in [-0.1, -0.05) is 26.0 Å². The van der Waals surface area contributed by atoms with E-state index in [2.05, 4.69) is 28.7 Å². The number of hydrogen-bond donors (Lipinski definition) is 2. The molecule has 0 fully saturated rings. The summed E-state index contributed by atoms with van der Waals surface area (Å²) in [5.74, 6) is -0.482. The molecule has 0 spiro atoms. The maximum atomic E-state index is 12.1. The number of esters is 2. The fourth-order valence-corrected chi connectivity index (χ4v) is 4.54. The molecule has 0 bridgehead atoms. The lowest BCUT2D eigenvalue weighted by Gasteiger charge is -2.31. The molecular weight excluding hydrogens is 556 g/mol. The van der Waals surface area contributed by atoms with Crippen LogP contribution in [0.15, 0.2) is 36.4 Å². The van der Waals surface area contributed by atoms with E-state index >= 15 is 0 Å². The quantitative estimate of drug-likeness (QED) is 0.150. The molecule has 2 N–H and O–H groups in total. The molecule has 2 heterocycles. The Morgan fingerprint density at radius 2 is 1.37 bits per heavy atom. The second kappa shape index (κ2) is 20.8. The number of aromatic nitrogens is 2. The first-order valence-electron chi connectivity index (χ1n) is 14.8. The first-order chi connectivity index (χ1) is 20.8. The van der Waals surface area contributed by atoms with Gasteiger partial charge in [0.05, 0.1) is 71.3 Å². The summed E-state index contributed by atoms with van der Waals surface area (Å²) in [6.07, 6.45) is 1.79. The number of carbonyl (C=O) groups is 2. The number of nitrogens with zero attached hydrogens (tertiary/aromatic N) is 4. The zero-order valence-electron chi connectivity index (χ0n) is 25.9. The van der Waals surface area contributed by atoms with Crippen LogP contribution >= 0.6 is 0 Å². The van der Waals surface area contributed by atoms with E-state index in [0.717, 1.165) is 18.5 Å². The molecule has 0 aliphatic rings. The zero-order valence-corrected chi connectivity index (χ0v) is 25.9. The van der Waals surface area contributed by atoms with Gasteiger partial charge >= 0.3 is 11.9 Å². The summed E-state index contributed by atoms with van der Waals surface area (Å²) in [7, 11) is 2.65. The Labute approximate surface area is 254 Å². The minimum atomic E-state index is -0.492. The van der Waals surface area contributed by atoms with Gasteiger partial charge in [0.2, 0.25) is 0 Å². The molecular formula is C31H48N4O8. The molecule has 0 aromatic carbocycles. The zero-order chi connectivity index (χ0) is 31.5. The highest BCUT2D eigenvalue weighted by molar-refractivity contribution is 5.87. The van der Waals surface area contributed by atoms with Gasteiger partial charge in [0.1, 0.15) is 11.4 Å². The van der Waals surface area contributed by atoms with E-state index in [9.17, 15) is 19.8 Å². The average Bonchev–Trinajstić information content (AvgIpc) is 3.01. The number of aliphatic hydroxyl groups excluding tert-OH is 2. The maximum absolute atomic E-state index is 12.1. The van der Waals surface area contributed by atoms with Crippen LogP contribution in [0.2, 0.25) is 0 Å². The Hall–Kier alpha value is -3.00. The number of hydrogen-bond acceptors (Lipinski definition) is 12. The van der Waals surface area contributed by atoms with Crippen LogP contribution in [0.4, 0.5) is 0 Å². The summed E-state index contributed by atoms with van der Waals surface area (Å²) < 4.78 is 21.2. The third-order valence-corrected chi connectivity index (χ3v) is 6.80. The predicted octanol–water partition coefficient (Wildman–Crippen LogP) is 2.35. The van der Waals surface area contributed by atoms with Crippen LogP contribution in [-0.4, -0.2) is 122 Å². The molecule has 0 amide bonds. The van der Waals surface area contributed by atoms with Crippen LogP contribution in [0.3, 0.4) is 0 Å². The maximum Gasteiger partial charge on any atom is 0.356 e. The molecule has 43 heavy (non-hydrogen) atoms. The lowest BCUT2D eigenvalue weighted by atomic mass is 9.99. The van der Waals surface area contributed by atoms with E-state index < -0.39 is 11.9 Å². The van der Waals surface area contributed by atoms with Gasteiger partial charge in [-0.2, -0.15) is 0 Å². The monoisotopic (exact) mass is 604 g/mol. The average molecular weight is 605 g/mol. The van der Waals surface area contributed by atoms with Gasteiger partial charge in [-0.3, -0.25) is 9.80 Å². The molecule has 2 rings (SSSR count). The molecule has 12 nitrogen and oxygen atoms in total. The van der Waals surface area contributed by atoms with Crippen molar-refractivity contribution in [3.63, 3.8) is 0 Å². The summed E-state index contributed by atoms with van der Waals surface area (Å²) >= 11 is 0. The Morgan fingerprint density at radius 3 is 1.98 bits per heavy atom. The van der Waals surface area contributed by atoms with Gasteiger partial charge < -0.3 is 29.2 Å². The summed E-state index contributed by atoms with van der Waals surface area (Å²) in [6, 6.07) is 10.4. The number of carbonyl (C=O) groups excluding carboxylic acids is 2. The highest BCUT2D eigenvalue weighted by Gasteiger charge is 2.23. The first kappa shape index (κ1) is 36.2. The molecule has 1 unspecified atom stereocenters. The highest BCUT2D eigenvalue weighted by Crippen LogP contribution is 2.26. The third kappa shape index (κ3) is 13.5. The number of ether oxygens (including phenoxy) is 4. The molecule has 2 aromatic rings. The molecule has 12 heteroatoms. The van der Waals surface area contributed by atoms with Gasteiger partial charge in [-0.05, 0) is 43.0 Å². The Kier molecular flexibility index (Phi) is 17.5. The SMILES string of the molecule is COC(=O)c1cccc(CN(CCO)CCOCCOCCN(CCO)C(CCC(C)C)c2cccc(C(=O)OC)n2)n1. The van der Waals surface area contributed by atoms with Crippen LogP contribution in [0.1, 0.15) is 65.1 Å². The van der Waals surface area contributed by atoms with Gasteiger partial charge in [0, 0.05) is 32.7 Å². The first-order valence-corrected chi connectivity index (χ1v) is 14.8.